The van der Waals surface area contributed by atoms with Crippen molar-refractivity contribution >= 4 is 27.2 Å². The van der Waals surface area contributed by atoms with Crippen molar-refractivity contribution in [3.8, 4) is 0 Å². The molecule has 1 aromatic heterocycles. The van der Waals surface area contributed by atoms with E-state index in [0.29, 0.717) is 0 Å². The average molecular weight is 231 g/mol. The van der Waals surface area contributed by atoms with Crippen molar-refractivity contribution in [1.82, 2.24) is 4.98 Å². The van der Waals surface area contributed by atoms with Gasteiger partial charge in [-0.1, -0.05) is 29.5 Å². The number of nitrogen functional groups attached to an aromatic ring is 1. The first-order chi connectivity index (χ1) is 7.84. The minimum atomic E-state index is 0.776. The van der Waals surface area contributed by atoms with Crippen LogP contribution in [-0.4, -0.2) is 11.5 Å². The molecular weight excluding hydrogens is 218 g/mol. The Balaban J connectivity index is 2.04. The second-order valence-electron chi connectivity index (χ2n) is 3.93. The monoisotopic (exact) mass is 231 g/mol. The minimum Gasteiger partial charge on any atom is -0.389 e. The first kappa shape index (κ1) is 9.66. The summed E-state index contributed by atoms with van der Waals surface area (Å²) in [4.78, 5) is 6.62. The van der Waals surface area contributed by atoms with Crippen LogP contribution in [0, 0.1) is 0 Å². The van der Waals surface area contributed by atoms with Crippen LogP contribution in [0.2, 0.25) is 0 Å². The van der Waals surface area contributed by atoms with Crippen molar-refractivity contribution in [2.75, 3.05) is 17.2 Å². The number of rotatable bonds is 1. The summed E-state index contributed by atoms with van der Waals surface area (Å²) in [6.45, 7) is 1.03. The Kier molecular flexibility index (Phi) is 2.29. The molecule has 0 fully saturated rings. The van der Waals surface area contributed by atoms with Gasteiger partial charge in [0.05, 0.1) is 6.20 Å². The van der Waals surface area contributed by atoms with E-state index in [9.17, 15) is 0 Å². The number of hydrogen-bond acceptors (Lipinski definition) is 4. The van der Waals surface area contributed by atoms with Crippen LogP contribution in [0.1, 0.15) is 12.0 Å². The summed E-state index contributed by atoms with van der Waals surface area (Å²) < 4.78 is 0. The fourth-order valence-corrected chi connectivity index (χ4v) is 2.86. The fourth-order valence-electron chi connectivity index (χ4n) is 2.13. The third kappa shape index (κ3) is 1.55. The summed E-state index contributed by atoms with van der Waals surface area (Å²) in [5, 5.41) is 1.78. The predicted molar refractivity (Wildman–Crippen MR) is 68.3 cm³/mol. The van der Waals surface area contributed by atoms with Gasteiger partial charge in [0.2, 0.25) is 0 Å². The fraction of sp³-hybridized carbons (Fsp3) is 0.250. The molecule has 1 aliphatic rings. The zero-order chi connectivity index (χ0) is 11.0. The van der Waals surface area contributed by atoms with E-state index in [1.54, 1.807) is 17.5 Å². The first-order valence-electron chi connectivity index (χ1n) is 5.41. The SMILES string of the molecule is Nc1cnc(N2CCCc3ccccc32)s1. The molecule has 0 unspecified atom stereocenters. The van der Waals surface area contributed by atoms with Gasteiger partial charge in [0.15, 0.2) is 5.13 Å². The number of thiazole rings is 1. The van der Waals surface area contributed by atoms with E-state index in [1.165, 1.54) is 17.7 Å². The number of benzene rings is 1. The number of aryl methyl sites for hydroxylation is 1. The maximum Gasteiger partial charge on any atom is 0.191 e. The second-order valence-corrected chi connectivity index (χ2v) is 4.97. The maximum absolute atomic E-state index is 5.73. The lowest BCUT2D eigenvalue weighted by atomic mass is 10.0. The summed E-state index contributed by atoms with van der Waals surface area (Å²) in [6.07, 6.45) is 4.07. The van der Waals surface area contributed by atoms with Crippen molar-refractivity contribution in [1.29, 1.82) is 0 Å². The number of fused-ring (bicyclic) bond motifs is 1. The number of nitrogens with zero attached hydrogens (tertiary/aromatic N) is 2. The Morgan fingerprint density at radius 2 is 2.19 bits per heavy atom. The smallest absolute Gasteiger partial charge is 0.191 e. The molecule has 0 atom stereocenters. The van der Waals surface area contributed by atoms with E-state index in [2.05, 4.69) is 34.1 Å². The van der Waals surface area contributed by atoms with Crippen molar-refractivity contribution in [3.63, 3.8) is 0 Å². The van der Waals surface area contributed by atoms with Gasteiger partial charge in [-0.25, -0.2) is 4.98 Å². The Morgan fingerprint density at radius 3 is 3.00 bits per heavy atom. The Hall–Kier alpha value is -1.55. The van der Waals surface area contributed by atoms with Gasteiger partial charge in [-0.2, -0.15) is 0 Å². The van der Waals surface area contributed by atoms with Gasteiger partial charge in [-0.05, 0) is 24.5 Å². The van der Waals surface area contributed by atoms with Crippen LogP contribution in [0.15, 0.2) is 30.5 Å². The molecule has 0 saturated heterocycles. The van der Waals surface area contributed by atoms with E-state index in [1.807, 2.05) is 0 Å². The molecule has 0 spiro atoms. The third-order valence-electron chi connectivity index (χ3n) is 2.85. The van der Waals surface area contributed by atoms with Crippen LogP contribution in [0.5, 0.6) is 0 Å². The zero-order valence-electron chi connectivity index (χ0n) is 8.89. The Bertz CT molecular complexity index is 506. The lowest BCUT2D eigenvalue weighted by Crippen LogP contribution is -2.24. The minimum absolute atomic E-state index is 0.776. The molecule has 3 nitrogen and oxygen atoms in total. The van der Waals surface area contributed by atoms with Crippen LogP contribution in [0.4, 0.5) is 15.8 Å². The summed E-state index contributed by atoms with van der Waals surface area (Å²) in [5.74, 6) is 0. The molecule has 0 saturated carbocycles. The number of aromatic nitrogens is 1. The second kappa shape index (κ2) is 3.79. The molecule has 0 aliphatic carbocycles. The molecule has 16 heavy (non-hydrogen) atoms. The van der Waals surface area contributed by atoms with E-state index in [-0.39, 0.29) is 0 Å². The van der Waals surface area contributed by atoms with Crippen LogP contribution in [0.25, 0.3) is 0 Å². The number of para-hydroxylation sites is 1. The van der Waals surface area contributed by atoms with Gasteiger partial charge in [-0.15, -0.1) is 0 Å². The van der Waals surface area contributed by atoms with Crippen molar-refractivity contribution in [2.24, 2.45) is 0 Å². The standard InChI is InChI=1S/C12H13N3S/c13-11-8-14-12(16-11)15-7-3-5-9-4-1-2-6-10(9)15/h1-2,4,6,8H,3,5,7,13H2. The van der Waals surface area contributed by atoms with E-state index in [4.69, 9.17) is 5.73 Å². The predicted octanol–water partition coefficient (Wildman–Crippen LogP) is 2.81. The van der Waals surface area contributed by atoms with Gasteiger partial charge in [0.25, 0.3) is 0 Å². The van der Waals surface area contributed by atoms with E-state index < -0.39 is 0 Å². The third-order valence-corrected chi connectivity index (χ3v) is 3.70. The highest BCUT2D eigenvalue weighted by Gasteiger charge is 2.19. The van der Waals surface area contributed by atoms with E-state index >= 15 is 0 Å². The molecule has 0 amide bonds. The molecular formula is C12H13N3S. The van der Waals surface area contributed by atoms with Crippen molar-refractivity contribution in [3.05, 3.63) is 36.0 Å². The molecule has 2 aromatic rings. The highest BCUT2D eigenvalue weighted by atomic mass is 32.1. The zero-order valence-corrected chi connectivity index (χ0v) is 9.70. The van der Waals surface area contributed by atoms with Crippen LogP contribution >= 0.6 is 11.3 Å². The molecule has 4 heteroatoms. The van der Waals surface area contributed by atoms with E-state index in [0.717, 1.165) is 23.1 Å². The Morgan fingerprint density at radius 1 is 1.31 bits per heavy atom. The lowest BCUT2D eigenvalue weighted by molar-refractivity contribution is 0.765. The van der Waals surface area contributed by atoms with Gasteiger partial charge < -0.3 is 10.6 Å². The molecule has 2 heterocycles. The summed E-state index contributed by atoms with van der Waals surface area (Å²) in [7, 11) is 0. The quantitative estimate of drug-likeness (QED) is 0.820. The summed E-state index contributed by atoms with van der Waals surface area (Å²) >= 11 is 1.55. The maximum atomic E-state index is 5.73. The van der Waals surface area contributed by atoms with Crippen LogP contribution in [-0.2, 0) is 6.42 Å². The highest BCUT2D eigenvalue weighted by Crippen LogP contribution is 2.35. The molecule has 1 aromatic carbocycles. The molecule has 1 aliphatic heterocycles. The number of anilines is 3. The highest BCUT2D eigenvalue weighted by molar-refractivity contribution is 7.19. The normalized spacial score (nSPS) is 14.9. The van der Waals surface area contributed by atoms with Crippen LogP contribution in [0.3, 0.4) is 0 Å². The van der Waals surface area contributed by atoms with Gasteiger partial charge in [0, 0.05) is 12.2 Å². The molecule has 0 bridgehead atoms. The molecule has 2 N–H and O–H groups in total. The van der Waals surface area contributed by atoms with Crippen molar-refractivity contribution < 1.29 is 0 Å². The molecule has 82 valence electrons. The van der Waals surface area contributed by atoms with Gasteiger partial charge in [0.1, 0.15) is 5.00 Å². The Labute approximate surface area is 98.5 Å². The average Bonchev–Trinajstić information content (AvgIpc) is 2.75. The lowest BCUT2D eigenvalue weighted by Gasteiger charge is -2.28. The first-order valence-corrected chi connectivity index (χ1v) is 6.23. The largest absolute Gasteiger partial charge is 0.389 e. The van der Waals surface area contributed by atoms with Crippen LogP contribution < -0.4 is 10.6 Å². The van der Waals surface area contributed by atoms with Gasteiger partial charge >= 0.3 is 0 Å². The molecule has 3 rings (SSSR count). The molecule has 0 radical (unpaired) electrons. The number of hydrogen-bond donors (Lipinski definition) is 1. The summed E-state index contributed by atoms with van der Waals surface area (Å²) in [5.41, 5.74) is 8.42. The van der Waals surface area contributed by atoms with Crippen molar-refractivity contribution in [2.45, 2.75) is 12.8 Å². The van der Waals surface area contributed by atoms with Gasteiger partial charge in [-0.3, -0.25) is 0 Å². The number of nitrogens with two attached hydrogens (primary N) is 1. The summed E-state index contributed by atoms with van der Waals surface area (Å²) in [6, 6.07) is 8.53. The topological polar surface area (TPSA) is 42.1 Å².